The van der Waals surface area contributed by atoms with Gasteiger partial charge in [0.05, 0.1) is 6.61 Å². The van der Waals surface area contributed by atoms with Crippen LogP contribution in [0.3, 0.4) is 0 Å². The van der Waals surface area contributed by atoms with Crippen LogP contribution in [-0.2, 0) is 4.74 Å². The molecule has 0 amide bonds. The second-order valence-corrected chi connectivity index (χ2v) is 5.67. The van der Waals surface area contributed by atoms with Crippen molar-refractivity contribution >= 4 is 11.9 Å². The van der Waals surface area contributed by atoms with Crippen molar-refractivity contribution in [3.63, 3.8) is 0 Å². The van der Waals surface area contributed by atoms with Gasteiger partial charge in [-0.15, -0.1) is 0 Å². The number of imidazole rings is 1. The monoisotopic (exact) mass is 251 g/mol. The topological polar surface area (TPSA) is 56.2 Å². The average molecular weight is 251 g/mol. The van der Waals surface area contributed by atoms with Crippen LogP contribution in [0.15, 0.2) is 6.20 Å². The Morgan fingerprint density at radius 1 is 1.61 bits per heavy atom. The minimum atomic E-state index is -0.353. The standard InChI is InChI=1S/C13H21N3O2/c1-5-18-11(17)9-8-16-10(13(2,3)4)6-7-14-12(16)15-9/h8,10H,5-7H2,1-4H3,(H,14,15). The Morgan fingerprint density at radius 2 is 2.33 bits per heavy atom. The largest absolute Gasteiger partial charge is 0.461 e. The second kappa shape index (κ2) is 4.63. The summed E-state index contributed by atoms with van der Waals surface area (Å²) in [6, 6.07) is 0.351. The van der Waals surface area contributed by atoms with E-state index < -0.39 is 0 Å². The van der Waals surface area contributed by atoms with E-state index in [0.29, 0.717) is 18.3 Å². The van der Waals surface area contributed by atoms with Crippen LogP contribution < -0.4 is 5.32 Å². The predicted molar refractivity (Wildman–Crippen MR) is 69.8 cm³/mol. The fourth-order valence-corrected chi connectivity index (χ4v) is 2.38. The van der Waals surface area contributed by atoms with Gasteiger partial charge in [0.15, 0.2) is 5.69 Å². The third kappa shape index (κ3) is 2.35. The van der Waals surface area contributed by atoms with Crippen molar-refractivity contribution in [1.29, 1.82) is 0 Å². The number of ether oxygens (including phenoxy) is 1. The van der Waals surface area contributed by atoms with Crippen molar-refractivity contribution in [2.45, 2.75) is 40.2 Å². The minimum absolute atomic E-state index is 0.142. The molecule has 5 nitrogen and oxygen atoms in total. The lowest BCUT2D eigenvalue weighted by Gasteiger charge is -2.36. The zero-order valence-electron chi connectivity index (χ0n) is 11.5. The quantitative estimate of drug-likeness (QED) is 0.820. The molecule has 1 aliphatic heterocycles. The lowest BCUT2D eigenvalue weighted by atomic mass is 9.84. The molecule has 0 radical (unpaired) electrons. The highest BCUT2D eigenvalue weighted by Gasteiger charge is 2.31. The molecule has 18 heavy (non-hydrogen) atoms. The highest BCUT2D eigenvalue weighted by molar-refractivity contribution is 5.87. The first-order valence-corrected chi connectivity index (χ1v) is 6.43. The molecule has 0 saturated heterocycles. The van der Waals surface area contributed by atoms with Crippen LogP contribution in [0.2, 0.25) is 0 Å². The molecule has 0 bridgehead atoms. The normalized spacial score (nSPS) is 19.0. The molecule has 1 aliphatic rings. The second-order valence-electron chi connectivity index (χ2n) is 5.67. The Kier molecular flexibility index (Phi) is 3.32. The maximum absolute atomic E-state index is 11.7. The molecule has 0 aromatic carbocycles. The van der Waals surface area contributed by atoms with Crippen LogP contribution in [-0.4, -0.2) is 28.7 Å². The number of nitrogens with zero attached hydrogens (tertiary/aromatic N) is 2. The summed E-state index contributed by atoms with van der Waals surface area (Å²) >= 11 is 0. The summed E-state index contributed by atoms with van der Waals surface area (Å²) in [4.78, 5) is 16.0. The third-order valence-electron chi connectivity index (χ3n) is 3.25. The molecular formula is C13H21N3O2. The Labute approximate surface area is 108 Å². The van der Waals surface area contributed by atoms with Crippen LogP contribution in [0, 0.1) is 5.41 Å². The van der Waals surface area contributed by atoms with Crippen LogP contribution >= 0.6 is 0 Å². The molecule has 1 aromatic rings. The predicted octanol–water partition coefficient (Wildman–Crippen LogP) is 2.46. The van der Waals surface area contributed by atoms with E-state index in [0.717, 1.165) is 18.9 Å². The molecule has 100 valence electrons. The van der Waals surface area contributed by atoms with Crippen molar-refractivity contribution in [3.05, 3.63) is 11.9 Å². The lowest BCUT2D eigenvalue weighted by Crippen LogP contribution is -2.31. The van der Waals surface area contributed by atoms with E-state index in [1.54, 1.807) is 13.1 Å². The van der Waals surface area contributed by atoms with Gasteiger partial charge in [-0.3, -0.25) is 0 Å². The van der Waals surface area contributed by atoms with Crippen molar-refractivity contribution < 1.29 is 9.53 Å². The summed E-state index contributed by atoms with van der Waals surface area (Å²) < 4.78 is 7.05. The molecule has 0 fully saturated rings. The highest BCUT2D eigenvalue weighted by Crippen LogP contribution is 2.37. The van der Waals surface area contributed by atoms with Gasteiger partial charge in [-0.1, -0.05) is 20.8 Å². The first-order chi connectivity index (χ1) is 8.43. The molecule has 2 heterocycles. The van der Waals surface area contributed by atoms with E-state index in [9.17, 15) is 4.79 Å². The summed E-state index contributed by atoms with van der Waals surface area (Å²) in [6.07, 6.45) is 2.84. The number of anilines is 1. The van der Waals surface area contributed by atoms with E-state index in [4.69, 9.17) is 4.74 Å². The Hall–Kier alpha value is -1.52. The zero-order chi connectivity index (χ0) is 13.3. The van der Waals surface area contributed by atoms with Crippen LogP contribution in [0.4, 0.5) is 5.95 Å². The number of esters is 1. The number of carbonyl (C=O) groups is 1. The zero-order valence-corrected chi connectivity index (χ0v) is 11.5. The number of hydrogen-bond donors (Lipinski definition) is 1. The SMILES string of the molecule is CCOC(=O)c1cn2c(n1)NCCC2C(C)(C)C. The summed E-state index contributed by atoms with van der Waals surface area (Å²) in [6.45, 7) is 9.67. The lowest BCUT2D eigenvalue weighted by molar-refractivity contribution is 0.0520. The molecule has 0 spiro atoms. The number of aromatic nitrogens is 2. The van der Waals surface area contributed by atoms with Crippen LogP contribution in [0.25, 0.3) is 0 Å². The number of nitrogens with one attached hydrogen (secondary N) is 1. The Bertz CT molecular complexity index is 446. The van der Waals surface area contributed by atoms with Crippen LogP contribution in [0.1, 0.15) is 50.6 Å². The smallest absolute Gasteiger partial charge is 0.358 e. The molecule has 1 unspecified atom stereocenters. The van der Waals surface area contributed by atoms with E-state index in [1.807, 2.05) is 0 Å². The first kappa shape index (κ1) is 12.9. The maximum Gasteiger partial charge on any atom is 0.358 e. The summed E-state index contributed by atoms with van der Waals surface area (Å²) in [5, 5.41) is 3.23. The Morgan fingerprint density at radius 3 is 2.94 bits per heavy atom. The summed E-state index contributed by atoms with van der Waals surface area (Å²) in [7, 11) is 0. The van der Waals surface area contributed by atoms with E-state index in [2.05, 4.69) is 35.6 Å². The van der Waals surface area contributed by atoms with Gasteiger partial charge in [-0.05, 0) is 18.8 Å². The number of hydrogen-bond acceptors (Lipinski definition) is 4. The number of fused-ring (bicyclic) bond motifs is 1. The molecule has 1 N–H and O–H groups in total. The number of carbonyl (C=O) groups excluding carboxylic acids is 1. The highest BCUT2D eigenvalue weighted by atomic mass is 16.5. The van der Waals surface area contributed by atoms with E-state index >= 15 is 0 Å². The number of rotatable bonds is 2. The third-order valence-corrected chi connectivity index (χ3v) is 3.25. The molecule has 5 heteroatoms. The van der Waals surface area contributed by atoms with Gasteiger partial charge in [-0.25, -0.2) is 9.78 Å². The van der Waals surface area contributed by atoms with Gasteiger partial charge < -0.3 is 14.6 Å². The molecular weight excluding hydrogens is 230 g/mol. The van der Waals surface area contributed by atoms with E-state index in [1.165, 1.54) is 0 Å². The van der Waals surface area contributed by atoms with Crippen molar-refractivity contribution in [2.24, 2.45) is 5.41 Å². The molecule has 1 atom stereocenters. The average Bonchev–Trinajstić information content (AvgIpc) is 2.71. The fraction of sp³-hybridized carbons (Fsp3) is 0.692. The summed E-state index contributed by atoms with van der Waals surface area (Å²) in [5.74, 6) is 0.415. The van der Waals surface area contributed by atoms with Gasteiger partial charge in [0.2, 0.25) is 5.95 Å². The molecule has 2 rings (SSSR count). The van der Waals surface area contributed by atoms with Crippen molar-refractivity contribution in [3.8, 4) is 0 Å². The first-order valence-electron chi connectivity index (χ1n) is 6.43. The van der Waals surface area contributed by atoms with Crippen molar-refractivity contribution in [2.75, 3.05) is 18.5 Å². The van der Waals surface area contributed by atoms with Gasteiger partial charge in [0, 0.05) is 18.8 Å². The van der Waals surface area contributed by atoms with Crippen LogP contribution in [0.5, 0.6) is 0 Å². The fourth-order valence-electron chi connectivity index (χ4n) is 2.38. The van der Waals surface area contributed by atoms with E-state index in [-0.39, 0.29) is 11.4 Å². The van der Waals surface area contributed by atoms with Gasteiger partial charge in [0.1, 0.15) is 0 Å². The summed E-state index contributed by atoms with van der Waals surface area (Å²) in [5.41, 5.74) is 0.527. The van der Waals surface area contributed by atoms with Crippen molar-refractivity contribution in [1.82, 2.24) is 9.55 Å². The maximum atomic E-state index is 11.7. The molecule has 1 aromatic heterocycles. The van der Waals surface area contributed by atoms with Gasteiger partial charge in [0.25, 0.3) is 0 Å². The minimum Gasteiger partial charge on any atom is -0.461 e. The molecule has 0 aliphatic carbocycles. The molecule has 0 saturated carbocycles. The van der Waals surface area contributed by atoms with Gasteiger partial charge in [-0.2, -0.15) is 0 Å². The van der Waals surface area contributed by atoms with Gasteiger partial charge >= 0.3 is 5.97 Å². The Balaban J connectivity index is 2.32.